The molecule has 6 heteroatoms. The SMILES string of the molecule is CN1CCN(C)C(CNc2ncc(Br)cn2)C1. The molecule has 0 aliphatic carbocycles. The van der Waals surface area contributed by atoms with E-state index in [4.69, 9.17) is 0 Å². The predicted octanol–water partition coefficient (Wildman–Crippen LogP) is 0.897. The van der Waals surface area contributed by atoms with Crippen molar-refractivity contribution in [3.63, 3.8) is 0 Å². The number of rotatable bonds is 3. The number of likely N-dealkylation sites (N-methyl/N-ethyl adjacent to an activating group) is 2. The summed E-state index contributed by atoms with van der Waals surface area (Å²) in [7, 11) is 4.33. The van der Waals surface area contributed by atoms with E-state index in [0.717, 1.165) is 30.7 Å². The van der Waals surface area contributed by atoms with E-state index in [-0.39, 0.29) is 0 Å². The van der Waals surface area contributed by atoms with Gasteiger partial charge in [-0.15, -0.1) is 0 Å². The first-order valence-electron chi connectivity index (χ1n) is 5.75. The Morgan fingerprint density at radius 3 is 2.76 bits per heavy atom. The van der Waals surface area contributed by atoms with Crippen LogP contribution >= 0.6 is 15.9 Å². The van der Waals surface area contributed by atoms with Crippen molar-refractivity contribution in [2.45, 2.75) is 6.04 Å². The Kier molecular flexibility index (Phi) is 4.31. The lowest BCUT2D eigenvalue weighted by molar-refractivity contribution is 0.121. The van der Waals surface area contributed by atoms with Crippen molar-refractivity contribution < 1.29 is 0 Å². The topological polar surface area (TPSA) is 44.3 Å². The Morgan fingerprint density at radius 2 is 2.06 bits per heavy atom. The molecular formula is C11H18BrN5. The maximum atomic E-state index is 4.21. The zero-order chi connectivity index (χ0) is 12.3. The minimum absolute atomic E-state index is 0.515. The molecule has 1 aliphatic heterocycles. The van der Waals surface area contributed by atoms with Crippen LogP contribution in [-0.2, 0) is 0 Å². The van der Waals surface area contributed by atoms with Crippen molar-refractivity contribution >= 4 is 21.9 Å². The summed E-state index contributed by atoms with van der Waals surface area (Å²) < 4.78 is 0.901. The Balaban J connectivity index is 1.86. The summed E-state index contributed by atoms with van der Waals surface area (Å²) >= 11 is 3.32. The van der Waals surface area contributed by atoms with Gasteiger partial charge in [0.15, 0.2) is 0 Å². The normalized spacial score (nSPS) is 22.6. The molecule has 1 atom stereocenters. The summed E-state index contributed by atoms with van der Waals surface area (Å²) in [6, 6.07) is 0.515. The second-order valence-corrected chi connectivity index (χ2v) is 5.42. The van der Waals surface area contributed by atoms with Gasteiger partial charge in [-0.2, -0.15) is 0 Å². The number of anilines is 1. The van der Waals surface area contributed by atoms with Crippen LogP contribution in [0.5, 0.6) is 0 Å². The maximum absolute atomic E-state index is 4.21. The molecule has 1 aromatic heterocycles. The molecular weight excluding hydrogens is 282 g/mol. The minimum Gasteiger partial charge on any atom is -0.353 e. The van der Waals surface area contributed by atoms with Gasteiger partial charge in [0.05, 0.1) is 4.47 Å². The Bertz CT molecular complexity index is 355. The summed E-state index contributed by atoms with van der Waals surface area (Å²) in [5.74, 6) is 0.690. The van der Waals surface area contributed by atoms with Crippen molar-refractivity contribution in [3.05, 3.63) is 16.9 Å². The highest BCUT2D eigenvalue weighted by atomic mass is 79.9. The van der Waals surface area contributed by atoms with Crippen molar-refractivity contribution in [2.75, 3.05) is 45.6 Å². The number of piperazine rings is 1. The first-order valence-corrected chi connectivity index (χ1v) is 6.54. The van der Waals surface area contributed by atoms with Crippen molar-refractivity contribution in [3.8, 4) is 0 Å². The van der Waals surface area contributed by atoms with E-state index in [9.17, 15) is 0 Å². The highest BCUT2D eigenvalue weighted by Gasteiger charge is 2.21. The number of halogens is 1. The molecule has 1 N–H and O–H groups in total. The fraction of sp³-hybridized carbons (Fsp3) is 0.636. The molecule has 1 fully saturated rings. The molecule has 0 spiro atoms. The first-order chi connectivity index (χ1) is 8.15. The molecule has 94 valence electrons. The predicted molar refractivity (Wildman–Crippen MR) is 72.1 cm³/mol. The summed E-state index contributed by atoms with van der Waals surface area (Å²) in [6.45, 7) is 4.22. The minimum atomic E-state index is 0.515. The van der Waals surface area contributed by atoms with Gasteiger partial charge in [0.1, 0.15) is 0 Å². The van der Waals surface area contributed by atoms with Gasteiger partial charge in [0.25, 0.3) is 0 Å². The lowest BCUT2D eigenvalue weighted by Crippen LogP contribution is -2.52. The Labute approximate surface area is 110 Å². The highest BCUT2D eigenvalue weighted by molar-refractivity contribution is 9.10. The van der Waals surface area contributed by atoms with E-state index < -0.39 is 0 Å². The van der Waals surface area contributed by atoms with Crippen LogP contribution in [0.15, 0.2) is 16.9 Å². The average Bonchev–Trinajstić information content (AvgIpc) is 2.32. The summed E-state index contributed by atoms with van der Waals surface area (Å²) in [5.41, 5.74) is 0. The average molecular weight is 300 g/mol. The van der Waals surface area contributed by atoms with Gasteiger partial charge in [-0.1, -0.05) is 0 Å². The van der Waals surface area contributed by atoms with Crippen LogP contribution in [0.2, 0.25) is 0 Å². The van der Waals surface area contributed by atoms with Crippen molar-refractivity contribution in [1.29, 1.82) is 0 Å². The highest BCUT2D eigenvalue weighted by Crippen LogP contribution is 2.09. The van der Waals surface area contributed by atoms with Gasteiger partial charge in [-0.25, -0.2) is 9.97 Å². The third kappa shape index (κ3) is 3.62. The molecule has 0 bridgehead atoms. The monoisotopic (exact) mass is 299 g/mol. The number of nitrogens with zero attached hydrogens (tertiary/aromatic N) is 4. The number of hydrogen-bond acceptors (Lipinski definition) is 5. The molecule has 1 aromatic rings. The van der Waals surface area contributed by atoms with Gasteiger partial charge < -0.3 is 10.2 Å². The molecule has 1 aliphatic rings. The van der Waals surface area contributed by atoms with E-state index in [0.29, 0.717) is 12.0 Å². The molecule has 5 nitrogen and oxygen atoms in total. The lowest BCUT2D eigenvalue weighted by atomic mass is 10.2. The molecule has 1 saturated heterocycles. The fourth-order valence-electron chi connectivity index (χ4n) is 1.93. The standard InChI is InChI=1S/C11H18BrN5/c1-16-3-4-17(2)10(8-16)7-15-11-13-5-9(12)6-14-11/h5-6,10H,3-4,7-8H2,1-2H3,(H,13,14,15). The Hall–Kier alpha value is -0.720. The zero-order valence-corrected chi connectivity index (χ0v) is 11.8. The van der Waals surface area contributed by atoms with Gasteiger partial charge in [0, 0.05) is 44.6 Å². The van der Waals surface area contributed by atoms with Crippen molar-refractivity contribution in [2.24, 2.45) is 0 Å². The molecule has 2 heterocycles. The molecule has 0 saturated carbocycles. The summed E-state index contributed by atoms with van der Waals surface area (Å²) in [5, 5.41) is 3.28. The van der Waals surface area contributed by atoms with E-state index in [1.807, 2.05) is 0 Å². The molecule has 0 aromatic carbocycles. The molecule has 1 unspecified atom stereocenters. The van der Waals surface area contributed by atoms with E-state index >= 15 is 0 Å². The second kappa shape index (κ2) is 5.75. The van der Waals surface area contributed by atoms with Gasteiger partial charge in [0.2, 0.25) is 5.95 Å². The molecule has 2 rings (SSSR count). The quantitative estimate of drug-likeness (QED) is 0.898. The van der Waals surface area contributed by atoms with Gasteiger partial charge in [-0.3, -0.25) is 4.90 Å². The summed E-state index contributed by atoms with van der Waals surface area (Å²) in [6.07, 6.45) is 3.51. The number of nitrogens with one attached hydrogen (secondary N) is 1. The van der Waals surface area contributed by atoms with E-state index in [2.05, 4.69) is 55.1 Å². The fourth-order valence-corrected chi connectivity index (χ4v) is 2.14. The zero-order valence-electron chi connectivity index (χ0n) is 10.2. The molecule has 0 radical (unpaired) electrons. The number of aromatic nitrogens is 2. The van der Waals surface area contributed by atoms with Gasteiger partial charge in [-0.05, 0) is 30.0 Å². The molecule has 17 heavy (non-hydrogen) atoms. The number of hydrogen-bond donors (Lipinski definition) is 1. The third-order valence-electron chi connectivity index (χ3n) is 3.10. The van der Waals surface area contributed by atoms with Crippen LogP contribution in [0.1, 0.15) is 0 Å². The summed E-state index contributed by atoms with van der Waals surface area (Å²) in [4.78, 5) is 13.1. The second-order valence-electron chi connectivity index (χ2n) is 4.50. The third-order valence-corrected chi connectivity index (χ3v) is 3.51. The smallest absolute Gasteiger partial charge is 0.222 e. The van der Waals surface area contributed by atoms with E-state index in [1.54, 1.807) is 12.4 Å². The van der Waals surface area contributed by atoms with Crippen LogP contribution in [0.25, 0.3) is 0 Å². The van der Waals surface area contributed by atoms with Crippen LogP contribution in [0.3, 0.4) is 0 Å². The molecule has 0 amide bonds. The van der Waals surface area contributed by atoms with Crippen LogP contribution in [0.4, 0.5) is 5.95 Å². The van der Waals surface area contributed by atoms with Crippen LogP contribution in [0, 0.1) is 0 Å². The van der Waals surface area contributed by atoms with Crippen LogP contribution < -0.4 is 5.32 Å². The van der Waals surface area contributed by atoms with E-state index in [1.165, 1.54) is 0 Å². The maximum Gasteiger partial charge on any atom is 0.222 e. The van der Waals surface area contributed by atoms with Crippen LogP contribution in [-0.4, -0.2) is 66.1 Å². The Morgan fingerprint density at radius 1 is 1.35 bits per heavy atom. The largest absolute Gasteiger partial charge is 0.353 e. The first kappa shape index (κ1) is 12.7. The van der Waals surface area contributed by atoms with Crippen molar-refractivity contribution in [1.82, 2.24) is 19.8 Å². The lowest BCUT2D eigenvalue weighted by Gasteiger charge is -2.37. The van der Waals surface area contributed by atoms with Gasteiger partial charge >= 0.3 is 0 Å².